The van der Waals surface area contributed by atoms with Crippen molar-refractivity contribution >= 4 is 11.6 Å². The normalized spacial score (nSPS) is 19.4. The number of hydrogen-bond donors (Lipinski definition) is 2. The molecule has 20 heavy (non-hydrogen) atoms. The standard InChI is InChI=1S/C16H18ClN3/c17-13-8-6-12(7-9-13)16(20-18)14-5-1-3-11-4-2-10-19-15(11)14/h2,4,6-10,14,16,20H,1,3,5,18H2. The first kappa shape index (κ1) is 13.6. The Morgan fingerprint density at radius 3 is 2.80 bits per heavy atom. The minimum absolute atomic E-state index is 0.0706. The number of aryl methyl sites for hydroxylation is 1. The second-order valence-electron chi connectivity index (χ2n) is 5.24. The number of nitrogens with zero attached hydrogens (tertiary/aromatic N) is 1. The summed E-state index contributed by atoms with van der Waals surface area (Å²) in [4.78, 5) is 4.59. The van der Waals surface area contributed by atoms with Gasteiger partial charge in [0.2, 0.25) is 0 Å². The van der Waals surface area contributed by atoms with Gasteiger partial charge in [0.25, 0.3) is 0 Å². The Balaban J connectivity index is 1.96. The Kier molecular flexibility index (Phi) is 4.01. The van der Waals surface area contributed by atoms with E-state index < -0.39 is 0 Å². The van der Waals surface area contributed by atoms with Crippen LogP contribution in [-0.4, -0.2) is 4.98 Å². The summed E-state index contributed by atoms with van der Waals surface area (Å²) in [6.07, 6.45) is 5.25. The van der Waals surface area contributed by atoms with Crippen molar-refractivity contribution in [2.75, 3.05) is 0 Å². The Hall–Kier alpha value is -1.42. The van der Waals surface area contributed by atoms with Crippen LogP contribution < -0.4 is 11.3 Å². The molecule has 4 heteroatoms. The van der Waals surface area contributed by atoms with Crippen LogP contribution in [0.25, 0.3) is 0 Å². The van der Waals surface area contributed by atoms with Crippen LogP contribution in [-0.2, 0) is 6.42 Å². The lowest BCUT2D eigenvalue weighted by atomic mass is 9.80. The van der Waals surface area contributed by atoms with Gasteiger partial charge in [-0.25, -0.2) is 0 Å². The highest BCUT2D eigenvalue weighted by atomic mass is 35.5. The fourth-order valence-corrected chi connectivity index (χ4v) is 3.21. The predicted octanol–water partition coefficient (Wildman–Crippen LogP) is 3.36. The summed E-state index contributed by atoms with van der Waals surface area (Å²) in [5.74, 6) is 6.13. The molecule has 0 amide bonds. The molecule has 1 aliphatic carbocycles. The highest BCUT2D eigenvalue weighted by molar-refractivity contribution is 6.30. The number of nitrogens with two attached hydrogens (primary N) is 1. The molecule has 0 radical (unpaired) electrons. The number of hydrogen-bond acceptors (Lipinski definition) is 3. The molecular weight excluding hydrogens is 270 g/mol. The molecule has 1 aromatic heterocycles. The van der Waals surface area contributed by atoms with Crippen LogP contribution in [0.3, 0.4) is 0 Å². The number of benzene rings is 1. The van der Waals surface area contributed by atoms with Gasteiger partial charge in [-0.05, 0) is 48.6 Å². The van der Waals surface area contributed by atoms with Crippen molar-refractivity contribution in [2.45, 2.75) is 31.2 Å². The quantitative estimate of drug-likeness (QED) is 0.672. The van der Waals surface area contributed by atoms with E-state index in [1.54, 1.807) is 0 Å². The van der Waals surface area contributed by atoms with E-state index in [0.717, 1.165) is 23.4 Å². The van der Waals surface area contributed by atoms with Crippen LogP contribution >= 0.6 is 11.6 Å². The number of hydrazine groups is 1. The first-order valence-corrected chi connectivity index (χ1v) is 7.33. The van der Waals surface area contributed by atoms with Gasteiger partial charge in [0.15, 0.2) is 0 Å². The first-order chi connectivity index (χ1) is 9.79. The Bertz CT molecular complexity index is 583. The van der Waals surface area contributed by atoms with Crippen LogP contribution in [0.15, 0.2) is 42.6 Å². The molecular formula is C16H18ClN3. The lowest BCUT2D eigenvalue weighted by Crippen LogP contribution is -2.34. The van der Waals surface area contributed by atoms with Gasteiger partial charge in [-0.2, -0.15) is 0 Å². The van der Waals surface area contributed by atoms with Crippen molar-refractivity contribution in [3.8, 4) is 0 Å². The Morgan fingerprint density at radius 1 is 1.25 bits per heavy atom. The summed E-state index contributed by atoms with van der Waals surface area (Å²) in [5.41, 5.74) is 6.64. The zero-order valence-corrected chi connectivity index (χ0v) is 12.0. The maximum Gasteiger partial charge on any atom is 0.0543 e. The third-order valence-electron chi connectivity index (χ3n) is 4.05. The van der Waals surface area contributed by atoms with Crippen molar-refractivity contribution in [2.24, 2.45) is 5.84 Å². The van der Waals surface area contributed by atoms with Gasteiger partial charge in [0.1, 0.15) is 0 Å². The van der Waals surface area contributed by atoms with Gasteiger partial charge < -0.3 is 0 Å². The smallest absolute Gasteiger partial charge is 0.0543 e. The van der Waals surface area contributed by atoms with Crippen LogP contribution in [0.5, 0.6) is 0 Å². The van der Waals surface area contributed by atoms with E-state index in [9.17, 15) is 0 Å². The molecule has 3 rings (SSSR count). The second kappa shape index (κ2) is 5.92. The average Bonchev–Trinajstić information content (AvgIpc) is 2.50. The molecule has 0 saturated heterocycles. The molecule has 3 N–H and O–H groups in total. The number of nitrogens with one attached hydrogen (secondary N) is 1. The summed E-state index contributed by atoms with van der Waals surface area (Å²) >= 11 is 5.96. The van der Waals surface area contributed by atoms with E-state index in [1.165, 1.54) is 17.7 Å². The third-order valence-corrected chi connectivity index (χ3v) is 4.30. The van der Waals surface area contributed by atoms with Gasteiger partial charge in [-0.15, -0.1) is 0 Å². The summed E-state index contributed by atoms with van der Waals surface area (Å²) < 4.78 is 0. The van der Waals surface area contributed by atoms with Crippen molar-refractivity contribution in [3.05, 3.63) is 64.4 Å². The van der Waals surface area contributed by atoms with Gasteiger partial charge in [-0.3, -0.25) is 16.3 Å². The molecule has 0 fully saturated rings. The molecule has 3 nitrogen and oxygen atoms in total. The van der Waals surface area contributed by atoms with Crippen molar-refractivity contribution < 1.29 is 0 Å². The molecule has 2 atom stereocenters. The molecule has 1 aromatic carbocycles. The highest BCUT2D eigenvalue weighted by Crippen LogP contribution is 2.38. The minimum Gasteiger partial charge on any atom is -0.271 e. The van der Waals surface area contributed by atoms with Gasteiger partial charge in [-0.1, -0.05) is 29.8 Å². The predicted molar refractivity (Wildman–Crippen MR) is 81.4 cm³/mol. The topological polar surface area (TPSA) is 50.9 Å². The first-order valence-electron chi connectivity index (χ1n) is 6.95. The summed E-state index contributed by atoms with van der Waals surface area (Å²) in [6, 6.07) is 12.1. The maximum atomic E-state index is 5.96. The lowest BCUT2D eigenvalue weighted by Gasteiger charge is -2.31. The fraction of sp³-hybridized carbons (Fsp3) is 0.312. The number of halogens is 1. The van der Waals surface area contributed by atoms with E-state index in [4.69, 9.17) is 17.4 Å². The molecule has 1 aliphatic rings. The molecule has 1 heterocycles. The van der Waals surface area contributed by atoms with E-state index in [0.29, 0.717) is 5.92 Å². The Labute approximate surface area is 124 Å². The number of pyridine rings is 1. The molecule has 0 spiro atoms. The van der Waals surface area contributed by atoms with E-state index in [-0.39, 0.29) is 6.04 Å². The average molecular weight is 288 g/mol. The number of fused-ring (bicyclic) bond motifs is 1. The van der Waals surface area contributed by atoms with Crippen molar-refractivity contribution in [1.82, 2.24) is 10.4 Å². The number of rotatable bonds is 3. The van der Waals surface area contributed by atoms with E-state index >= 15 is 0 Å². The highest BCUT2D eigenvalue weighted by Gasteiger charge is 2.29. The van der Waals surface area contributed by atoms with Crippen LogP contribution in [0.2, 0.25) is 5.02 Å². The summed E-state index contributed by atoms with van der Waals surface area (Å²) in [6.45, 7) is 0. The van der Waals surface area contributed by atoms with Crippen LogP contribution in [0, 0.1) is 0 Å². The molecule has 0 saturated carbocycles. The van der Waals surface area contributed by atoms with Gasteiger partial charge in [0, 0.05) is 22.8 Å². The molecule has 2 unspecified atom stereocenters. The summed E-state index contributed by atoms with van der Waals surface area (Å²) in [5, 5.41) is 0.742. The third kappa shape index (κ3) is 2.57. The number of aromatic nitrogens is 1. The maximum absolute atomic E-state index is 5.96. The fourth-order valence-electron chi connectivity index (χ4n) is 3.08. The monoisotopic (exact) mass is 287 g/mol. The van der Waals surface area contributed by atoms with E-state index in [2.05, 4.69) is 16.5 Å². The minimum atomic E-state index is 0.0706. The van der Waals surface area contributed by atoms with Crippen LogP contribution in [0.1, 0.15) is 41.6 Å². The molecule has 0 bridgehead atoms. The van der Waals surface area contributed by atoms with Gasteiger partial charge in [0.05, 0.1) is 6.04 Å². The van der Waals surface area contributed by atoms with E-state index in [1.807, 2.05) is 36.5 Å². The molecule has 2 aromatic rings. The molecule has 104 valence electrons. The zero-order valence-electron chi connectivity index (χ0n) is 11.2. The lowest BCUT2D eigenvalue weighted by molar-refractivity contribution is 0.400. The van der Waals surface area contributed by atoms with Crippen molar-refractivity contribution in [3.63, 3.8) is 0 Å². The summed E-state index contributed by atoms with van der Waals surface area (Å²) in [7, 11) is 0. The van der Waals surface area contributed by atoms with Crippen LogP contribution in [0.4, 0.5) is 0 Å². The second-order valence-corrected chi connectivity index (χ2v) is 5.68. The van der Waals surface area contributed by atoms with Gasteiger partial charge >= 0.3 is 0 Å². The SMILES string of the molecule is NNC(c1ccc(Cl)cc1)C1CCCc2cccnc21. The zero-order chi connectivity index (χ0) is 13.9. The van der Waals surface area contributed by atoms with Crippen molar-refractivity contribution in [1.29, 1.82) is 0 Å². The molecule has 0 aliphatic heterocycles. The Morgan fingerprint density at radius 2 is 2.05 bits per heavy atom. The largest absolute Gasteiger partial charge is 0.271 e.